The molecule has 0 N–H and O–H groups in total. The van der Waals surface area contributed by atoms with E-state index in [0.29, 0.717) is 0 Å². The van der Waals surface area contributed by atoms with Gasteiger partial charge in [-0.3, -0.25) is 19.3 Å². The van der Waals surface area contributed by atoms with Gasteiger partial charge in [0.1, 0.15) is 13.1 Å². The Kier molecular flexibility index (Phi) is 4.59. The monoisotopic (exact) mass is 355 g/mol. The molecule has 8 heteroatoms. The van der Waals surface area contributed by atoms with E-state index in [1.54, 1.807) is 16.8 Å². The van der Waals surface area contributed by atoms with Gasteiger partial charge in [-0.2, -0.15) is 5.26 Å². The smallest absolute Gasteiger partial charge is 0.325 e. The molecule has 0 bridgehead atoms. The van der Waals surface area contributed by atoms with Crippen molar-refractivity contribution >= 4 is 45.9 Å². The molecule has 1 aromatic carbocycles. The van der Waals surface area contributed by atoms with Crippen LogP contribution < -0.4 is 0 Å². The zero-order valence-electron chi connectivity index (χ0n) is 13.3. The lowest BCUT2D eigenvalue weighted by atomic mass is 10.1. The highest BCUT2D eigenvalue weighted by molar-refractivity contribution is 8.18. The Balaban J connectivity index is 1.98. The zero-order valence-corrected chi connectivity index (χ0v) is 14.1. The van der Waals surface area contributed by atoms with Crippen LogP contribution in [0.15, 0.2) is 35.4 Å². The molecule has 0 atom stereocenters. The summed E-state index contributed by atoms with van der Waals surface area (Å²) in [5.41, 5.74) is 1.60. The first-order chi connectivity index (χ1) is 12.0. The van der Waals surface area contributed by atoms with Crippen LogP contribution in [0, 0.1) is 11.3 Å². The van der Waals surface area contributed by atoms with E-state index in [2.05, 4.69) is 10.8 Å². The normalized spacial score (nSPS) is 15.8. The van der Waals surface area contributed by atoms with Gasteiger partial charge in [0.05, 0.1) is 18.1 Å². The molecule has 0 saturated carbocycles. The molecule has 1 aliphatic rings. The number of fused-ring (bicyclic) bond motifs is 1. The summed E-state index contributed by atoms with van der Waals surface area (Å²) in [6.45, 7) is -0.229. The standard InChI is InChI=1S/C17H13N3O4S/c1-24-15(21)10-20-16(22)14(25-17(20)23)8-11-9-19(7-6-18)13-5-3-2-4-12(11)13/h2-5,8-9H,7,10H2,1H3/b14-8+. The molecule has 2 heterocycles. The fraction of sp³-hybridized carbons (Fsp3) is 0.176. The van der Waals surface area contributed by atoms with Crippen molar-refractivity contribution in [1.82, 2.24) is 9.47 Å². The van der Waals surface area contributed by atoms with Gasteiger partial charge in [0.25, 0.3) is 11.1 Å². The molecule has 7 nitrogen and oxygen atoms in total. The van der Waals surface area contributed by atoms with E-state index >= 15 is 0 Å². The average Bonchev–Trinajstić information content (AvgIpc) is 3.08. The SMILES string of the molecule is COC(=O)CN1C(=O)S/C(=C/c2cn(CC#N)c3ccccc23)C1=O. The van der Waals surface area contributed by atoms with Crippen LogP contribution in [0.2, 0.25) is 0 Å². The summed E-state index contributed by atoms with van der Waals surface area (Å²) in [5, 5.41) is 9.31. The van der Waals surface area contributed by atoms with Crippen LogP contribution in [0.5, 0.6) is 0 Å². The fourth-order valence-corrected chi connectivity index (χ4v) is 3.40. The highest BCUT2D eigenvalue weighted by Crippen LogP contribution is 2.34. The van der Waals surface area contributed by atoms with E-state index in [0.717, 1.165) is 33.1 Å². The van der Waals surface area contributed by atoms with Gasteiger partial charge >= 0.3 is 5.97 Å². The van der Waals surface area contributed by atoms with Crippen LogP contribution in [0.4, 0.5) is 4.79 Å². The van der Waals surface area contributed by atoms with E-state index in [9.17, 15) is 14.4 Å². The maximum Gasteiger partial charge on any atom is 0.325 e. The lowest BCUT2D eigenvalue weighted by Crippen LogP contribution is -2.34. The maximum absolute atomic E-state index is 12.4. The summed E-state index contributed by atoms with van der Waals surface area (Å²) in [4.78, 5) is 36.8. The topological polar surface area (TPSA) is 92.4 Å². The number of methoxy groups -OCH3 is 1. The lowest BCUT2D eigenvalue weighted by Gasteiger charge is -2.09. The maximum atomic E-state index is 12.4. The number of hydrogen-bond donors (Lipinski definition) is 0. The van der Waals surface area contributed by atoms with Crippen molar-refractivity contribution in [2.45, 2.75) is 6.54 Å². The van der Waals surface area contributed by atoms with Crippen molar-refractivity contribution in [3.8, 4) is 6.07 Å². The van der Waals surface area contributed by atoms with Gasteiger partial charge in [-0.15, -0.1) is 0 Å². The van der Waals surface area contributed by atoms with Gasteiger partial charge in [0.15, 0.2) is 0 Å². The number of amides is 2. The zero-order chi connectivity index (χ0) is 18.0. The lowest BCUT2D eigenvalue weighted by molar-refractivity contribution is -0.143. The van der Waals surface area contributed by atoms with Crippen LogP contribution in [0.3, 0.4) is 0 Å². The van der Waals surface area contributed by atoms with Crippen LogP contribution in [0.1, 0.15) is 5.56 Å². The Hall–Kier alpha value is -3.05. The van der Waals surface area contributed by atoms with E-state index in [4.69, 9.17) is 5.26 Å². The van der Waals surface area contributed by atoms with Crippen molar-refractivity contribution in [3.05, 3.63) is 40.9 Å². The number of benzene rings is 1. The highest BCUT2D eigenvalue weighted by atomic mass is 32.2. The molecule has 0 radical (unpaired) electrons. The van der Waals surface area contributed by atoms with Gasteiger partial charge in [0.2, 0.25) is 0 Å². The predicted molar refractivity (Wildman–Crippen MR) is 92.2 cm³/mol. The average molecular weight is 355 g/mol. The molecule has 2 amide bonds. The number of carbonyl (C=O) groups is 3. The molecule has 3 rings (SSSR count). The molecule has 2 aromatic rings. The number of hydrogen-bond acceptors (Lipinski definition) is 6. The van der Waals surface area contributed by atoms with E-state index < -0.39 is 23.7 Å². The van der Waals surface area contributed by atoms with Crippen LogP contribution >= 0.6 is 11.8 Å². The van der Waals surface area contributed by atoms with E-state index in [-0.39, 0.29) is 11.4 Å². The third-order valence-corrected chi connectivity index (χ3v) is 4.64. The quantitative estimate of drug-likeness (QED) is 0.617. The largest absolute Gasteiger partial charge is 0.468 e. The van der Waals surface area contributed by atoms with Gasteiger partial charge in [-0.1, -0.05) is 18.2 Å². The first-order valence-corrected chi connectivity index (χ1v) is 8.14. The molecule has 1 aliphatic heterocycles. The third-order valence-electron chi connectivity index (χ3n) is 3.74. The second kappa shape index (κ2) is 6.83. The number of para-hydroxylation sites is 1. The summed E-state index contributed by atoms with van der Waals surface area (Å²) in [7, 11) is 1.20. The number of thioether (sulfide) groups is 1. The summed E-state index contributed by atoms with van der Waals surface area (Å²) in [5.74, 6) is -1.19. The Morgan fingerprint density at radius 3 is 2.84 bits per heavy atom. The first kappa shape index (κ1) is 16.8. The number of carbonyl (C=O) groups excluding carboxylic acids is 3. The number of imide groups is 1. The predicted octanol–water partition coefficient (Wildman–Crippen LogP) is 2.37. The summed E-state index contributed by atoms with van der Waals surface area (Å²) < 4.78 is 6.28. The van der Waals surface area contributed by atoms with Gasteiger partial charge in [-0.25, -0.2) is 0 Å². The minimum Gasteiger partial charge on any atom is -0.468 e. The molecule has 1 aromatic heterocycles. The minimum atomic E-state index is -0.658. The molecule has 0 spiro atoms. The van der Waals surface area contributed by atoms with Gasteiger partial charge in [0, 0.05) is 22.7 Å². The highest BCUT2D eigenvalue weighted by Gasteiger charge is 2.36. The molecular formula is C17H13N3O4S. The first-order valence-electron chi connectivity index (χ1n) is 7.32. The number of esters is 1. The van der Waals surface area contributed by atoms with Crippen molar-refractivity contribution in [3.63, 3.8) is 0 Å². The minimum absolute atomic E-state index is 0.179. The summed E-state index contributed by atoms with van der Waals surface area (Å²) in [6, 6.07) is 9.58. The summed E-state index contributed by atoms with van der Waals surface area (Å²) >= 11 is 0.777. The van der Waals surface area contributed by atoms with Crippen molar-refractivity contribution in [2.24, 2.45) is 0 Å². The molecular weight excluding hydrogens is 342 g/mol. The van der Waals surface area contributed by atoms with Gasteiger partial charge < -0.3 is 9.30 Å². The third kappa shape index (κ3) is 3.14. The number of nitriles is 1. The summed E-state index contributed by atoms with van der Waals surface area (Å²) in [6.07, 6.45) is 3.38. The Morgan fingerprint density at radius 1 is 1.36 bits per heavy atom. The van der Waals surface area contributed by atoms with E-state index in [1.807, 2.05) is 24.3 Å². The molecule has 1 saturated heterocycles. The number of rotatable bonds is 4. The van der Waals surface area contributed by atoms with Crippen LogP contribution in [-0.2, 0) is 20.9 Å². The van der Waals surface area contributed by atoms with Gasteiger partial charge in [-0.05, 0) is 23.9 Å². The fourth-order valence-electron chi connectivity index (χ4n) is 2.57. The second-order valence-corrected chi connectivity index (χ2v) is 6.22. The molecule has 126 valence electrons. The number of aromatic nitrogens is 1. The van der Waals surface area contributed by atoms with Crippen molar-refractivity contribution < 1.29 is 19.1 Å². The van der Waals surface area contributed by atoms with Crippen LogP contribution in [-0.4, -0.2) is 40.2 Å². The Bertz CT molecular complexity index is 954. The van der Waals surface area contributed by atoms with E-state index in [1.165, 1.54) is 7.11 Å². The van der Waals surface area contributed by atoms with Crippen molar-refractivity contribution in [2.75, 3.05) is 13.7 Å². The van der Waals surface area contributed by atoms with Crippen LogP contribution in [0.25, 0.3) is 17.0 Å². The Labute approximate surface area is 147 Å². The van der Waals surface area contributed by atoms with Crippen molar-refractivity contribution in [1.29, 1.82) is 5.26 Å². The number of ether oxygens (including phenoxy) is 1. The Morgan fingerprint density at radius 2 is 2.12 bits per heavy atom. The molecule has 25 heavy (non-hydrogen) atoms. The second-order valence-electron chi connectivity index (χ2n) is 5.23. The molecule has 1 fully saturated rings. The molecule has 0 aliphatic carbocycles. The number of nitrogens with zero attached hydrogens (tertiary/aromatic N) is 3. The molecule has 0 unspecified atom stereocenters.